The van der Waals surface area contributed by atoms with E-state index in [1.807, 2.05) is 0 Å². The lowest BCUT2D eigenvalue weighted by molar-refractivity contribution is -0.154. The fraction of sp³-hybridized carbons (Fsp3) is 0.130. The molecule has 0 unspecified atom stereocenters. The second-order valence-corrected chi connectivity index (χ2v) is 6.42. The zero-order chi connectivity index (χ0) is 21.5. The highest BCUT2D eigenvalue weighted by atomic mass is 19.1. The Morgan fingerprint density at radius 3 is 2.30 bits per heavy atom. The molecule has 1 atom stereocenters. The number of methoxy groups -OCH3 is 1. The minimum atomic E-state index is -1.23. The molecule has 0 radical (unpaired) electrons. The summed E-state index contributed by atoms with van der Waals surface area (Å²) in [6.07, 6.45) is -1.46. The Morgan fingerprint density at radius 1 is 0.967 bits per heavy atom. The minimum absolute atomic E-state index is 0.0629. The molecule has 30 heavy (non-hydrogen) atoms. The molecule has 0 aliphatic heterocycles. The van der Waals surface area contributed by atoms with Crippen molar-refractivity contribution in [3.8, 4) is 5.75 Å². The van der Waals surface area contributed by atoms with Gasteiger partial charge < -0.3 is 14.8 Å². The van der Waals surface area contributed by atoms with E-state index in [0.717, 1.165) is 0 Å². The highest BCUT2D eigenvalue weighted by Gasteiger charge is 2.25. The van der Waals surface area contributed by atoms with Crippen LogP contribution in [0.25, 0.3) is 0 Å². The van der Waals surface area contributed by atoms with E-state index in [2.05, 4.69) is 5.32 Å². The van der Waals surface area contributed by atoms with E-state index in [1.54, 1.807) is 36.4 Å². The zero-order valence-corrected chi connectivity index (χ0v) is 16.1. The smallest absolute Gasteiger partial charge is 0.311 e. The number of carbonyl (C=O) groups is 2. The van der Waals surface area contributed by atoms with Crippen molar-refractivity contribution in [2.75, 3.05) is 12.4 Å². The third-order valence-corrected chi connectivity index (χ3v) is 4.27. The van der Waals surface area contributed by atoms with E-state index in [4.69, 9.17) is 9.47 Å². The van der Waals surface area contributed by atoms with Gasteiger partial charge in [-0.25, -0.2) is 8.78 Å². The van der Waals surface area contributed by atoms with Crippen LogP contribution >= 0.6 is 0 Å². The van der Waals surface area contributed by atoms with Gasteiger partial charge in [0, 0.05) is 11.3 Å². The Bertz CT molecular complexity index is 1020. The van der Waals surface area contributed by atoms with E-state index >= 15 is 0 Å². The molecule has 3 aromatic rings. The molecule has 0 bridgehead atoms. The lowest BCUT2D eigenvalue weighted by Gasteiger charge is -2.18. The second kappa shape index (κ2) is 9.65. The number of rotatable bonds is 7. The van der Waals surface area contributed by atoms with Crippen LogP contribution in [-0.2, 0) is 20.7 Å². The van der Waals surface area contributed by atoms with Gasteiger partial charge in [-0.15, -0.1) is 0 Å². The van der Waals surface area contributed by atoms with Crippen LogP contribution < -0.4 is 10.1 Å². The van der Waals surface area contributed by atoms with Gasteiger partial charge in [-0.3, -0.25) is 9.59 Å². The number of amides is 1. The molecule has 0 saturated heterocycles. The van der Waals surface area contributed by atoms with E-state index in [1.165, 1.54) is 43.5 Å². The highest BCUT2D eigenvalue weighted by Crippen LogP contribution is 2.22. The van der Waals surface area contributed by atoms with Crippen molar-refractivity contribution in [1.29, 1.82) is 0 Å². The second-order valence-electron chi connectivity index (χ2n) is 6.42. The van der Waals surface area contributed by atoms with Gasteiger partial charge in [0.05, 0.1) is 13.5 Å². The van der Waals surface area contributed by atoms with Crippen LogP contribution in [0.3, 0.4) is 0 Å². The van der Waals surface area contributed by atoms with Crippen LogP contribution in [-0.4, -0.2) is 19.0 Å². The molecule has 3 aromatic carbocycles. The number of ether oxygens (including phenoxy) is 2. The Morgan fingerprint density at radius 2 is 1.67 bits per heavy atom. The highest BCUT2D eigenvalue weighted by molar-refractivity contribution is 5.96. The van der Waals surface area contributed by atoms with Crippen LogP contribution in [0.2, 0.25) is 0 Å². The predicted octanol–water partition coefficient (Wildman–Crippen LogP) is 4.44. The summed E-state index contributed by atoms with van der Waals surface area (Å²) >= 11 is 0. The van der Waals surface area contributed by atoms with Crippen molar-refractivity contribution in [2.45, 2.75) is 12.5 Å². The normalized spacial score (nSPS) is 11.4. The summed E-state index contributed by atoms with van der Waals surface area (Å²) in [7, 11) is 1.34. The van der Waals surface area contributed by atoms with Crippen LogP contribution in [0, 0.1) is 11.6 Å². The van der Waals surface area contributed by atoms with Crippen molar-refractivity contribution in [3.05, 3.63) is 95.6 Å². The molecular formula is C23H19F2NO4. The molecule has 0 aliphatic rings. The molecule has 154 valence electrons. The first-order chi connectivity index (χ1) is 14.5. The summed E-state index contributed by atoms with van der Waals surface area (Å²) in [6.45, 7) is 0. The molecular weight excluding hydrogens is 392 g/mol. The van der Waals surface area contributed by atoms with E-state index in [9.17, 15) is 18.4 Å². The zero-order valence-electron chi connectivity index (χ0n) is 16.1. The molecule has 0 aromatic heterocycles. The van der Waals surface area contributed by atoms with Crippen molar-refractivity contribution in [2.24, 2.45) is 0 Å². The standard InChI is InChI=1S/C23H19F2NO4/c1-29-20-12-7-15(13-19(20)25)14-21(27)30-22(16-5-3-2-4-6-16)23(28)26-18-10-8-17(24)9-11-18/h2-13,22H,14H2,1H3,(H,26,28)/t22-/m0/s1. The van der Waals surface area contributed by atoms with Gasteiger partial charge in [0.25, 0.3) is 5.91 Å². The van der Waals surface area contributed by atoms with Crippen molar-refractivity contribution >= 4 is 17.6 Å². The molecule has 0 fully saturated rings. The van der Waals surface area contributed by atoms with Crippen LogP contribution in [0.4, 0.5) is 14.5 Å². The van der Waals surface area contributed by atoms with Crippen LogP contribution in [0.5, 0.6) is 5.75 Å². The maximum atomic E-state index is 13.9. The molecule has 0 aliphatic carbocycles. The summed E-state index contributed by atoms with van der Waals surface area (Å²) in [4.78, 5) is 25.2. The third kappa shape index (κ3) is 5.41. The number of halogens is 2. The molecule has 0 heterocycles. The molecule has 5 nitrogen and oxygen atoms in total. The maximum absolute atomic E-state index is 13.9. The Balaban J connectivity index is 1.75. The number of hydrogen-bond acceptors (Lipinski definition) is 4. The average molecular weight is 411 g/mol. The van der Waals surface area contributed by atoms with Crippen LogP contribution in [0.1, 0.15) is 17.2 Å². The molecule has 0 spiro atoms. The predicted molar refractivity (Wildman–Crippen MR) is 107 cm³/mol. The van der Waals surface area contributed by atoms with Gasteiger partial charge in [0.2, 0.25) is 6.10 Å². The number of benzene rings is 3. The summed E-state index contributed by atoms with van der Waals surface area (Å²) in [6, 6.07) is 17.8. The lowest BCUT2D eigenvalue weighted by atomic mass is 10.1. The first-order valence-corrected chi connectivity index (χ1v) is 9.09. The summed E-state index contributed by atoms with van der Waals surface area (Å²) in [5.74, 6) is -2.28. The van der Waals surface area contributed by atoms with Crippen LogP contribution in [0.15, 0.2) is 72.8 Å². The number of nitrogens with one attached hydrogen (secondary N) is 1. The fourth-order valence-electron chi connectivity index (χ4n) is 2.80. The number of esters is 1. The van der Waals surface area contributed by atoms with Crippen molar-refractivity contribution < 1.29 is 27.8 Å². The fourth-order valence-corrected chi connectivity index (χ4v) is 2.80. The number of carbonyl (C=O) groups excluding carboxylic acids is 2. The van der Waals surface area contributed by atoms with Gasteiger partial charge in [-0.05, 0) is 42.0 Å². The van der Waals surface area contributed by atoms with Gasteiger partial charge in [-0.2, -0.15) is 0 Å². The lowest BCUT2D eigenvalue weighted by Crippen LogP contribution is -2.26. The van der Waals surface area contributed by atoms with Gasteiger partial charge >= 0.3 is 5.97 Å². The molecule has 1 amide bonds. The first-order valence-electron chi connectivity index (χ1n) is 9.09. The third-order valence-electron chi connectivity index (χ3n) is 4.27. The minimum Gasteiger partial charge on any atom is -0.494 e. The maximum Gasteiger partial charge on any atom is 0.311 e. The van der Waals surface area contributed by atoms with Gasteiger partial charge in [0.15, 0.2) is 11.6 Å². The average Bonchev–Trinajstić information content (AvgIpc) is 2.74. The summed E-state index contributed by atoms with van der Waals surface area (Å²) in [5, 5.41) is 2.60. The SMILES string of the molecule is COc1ccc(CC(=O)O[C@H](C(=O)Nc2ccc(F)cc2)c2ccccc2)cc1F. The topological polar surface area (TPSA) is 64.6 Å². The van der Waals surface area contributed by atoms with E-state index in [0.29, 0.717) is 16.8 Å². The molecule has 0 saturated carbocycles. The quantitative estimate of drug-likeness (QED) is 0.584. The summed E-state index contributed by atoms with van der Waals surface area (Å²) < 4.78 is 37.2. The molecule has 7 heteroatoms. The number of hydrogen-bond donors (Lipinski definition) is 1. The van der Waals surface area contributed by atoms with E-state index in [-0.39, 0.29) is 12.2 Å². The number of anilines is 1. The van der Waals surface area contributed by atoms with Gasteiger partial charge in [-0.1, -0.05) is 36.4 Å². The van der Waals surface area contributed by atoms with Crippen molar-refractivity contribution in [1.82, 2.24) is 0 Å². The van der Waals surface area contributed by atoms with E-state index < -0.39 is 29.6 Å². The van der Waals surface area contributed by atoms with Gasteiger partial charge in [0.1, 0.15) is 5.82 Å². The monoisotopic (exact) mass is 411 g/mol. The molecule has 3 rings (SSSR count). The van der Waals surface area contributed by atoms with Crippen molar-refractivity contribution in [3.63, 3.8) is 0 Å². The Kier molecular flexibility index (Phi) is 6.75. The first kappa shape index (κ1) is 21.0. The Labute approximate surface area is 172 Å². The largest absolute Gasteiger partial charge is 0.494 e. The summed E-state index contributed by atoms with van der Waals surface area (Å²) in [5.41, 5.74) is 1.20. The Hall–Kier alpha value is -3.74. The molecule has 1 N–H and O–H groups in total.